The first kappa shape index (κ1) is 31.2. The van der Waals surface area contributed by atoms with Crippen molar-refractivity contribution in [3.8, 4) is 0 Å². The molecule has 7 atom stereocenters. The van der Waals surface area contributed by atoms with Crippen LogP contribution in [0.5, 0.6) is 0 Å². The van der Waals surface area contributed by atoms with Gasteiger partial charge in [0.2, 0.25) is 11.8 Å². The normalized spacial score (nSPS) is 27.3. The Labute approximate surface area is 272 Å². The third-order valence-corrected chi connectivity index (χ3v) is 10.4. The Morgan fingerprint density at radius 2 is 1.73 bits per heavy atom. The van der Waals surface area contributed by atoms with Gasteiger partial charge in [-0.15, -0.1) is 13.2 Å². The van der Waals surface area contributed by atoms with Crippen LogP contribution >= 0.6 is 15.9 Å². The molecular formula is C36H38BrN3O5. The molecule has 3 saturated heterocycles. The molecule has 3 aromatic rings. The van der Waals surface area contributed by atoms with E-state index in [1.807, 2.05) is 72.8 Å². The van der Waals surface area contributed by atoms with E-state index in [0.29, 0.717) is 25.1 Å². The van der Waals surface area contributed by atoms with Crippen molar-refractivity contribution in [1.29, 1.82) is 0 Å². The quantitative estimate of drug-likeness (QED) is 0.242. The Hall–Kier alpha value is -3.79. The Balaban J connectivity index is 1.47. The average Bonchev–Trinajstić information content (AvgIpc) is 3.65. The van der Waals surface area contributed by atoms with Crippen molar-refractivity contribution < 1.29 is 24.2 Å². The van der Waals surface area contributed by atoms with E-state index >= 15 is 4.79 Å². The van der Waals surface area contributed by atoms with Crippen molar-refractivity contribution in [2.75, 3.05) is 31.6 Å². The third kappa shape index (κ3) is 5.20. The molecule has 3 aliphatic rings. The summed E-state index contributed by atoms with van der Waals surface area (Å²) >= 11 is 3.75. The van der Waals surface area contributed by atoms with Crippen molar-refractivity contribution in [3.63, 3.8) is 0 Å². The molecule has 0 aromatic heterocycles. The minimum atomic E-state index is -1.26. The van der Waals surface area contributed by atoms with Gasteiger partial charge in [-0.3, -0.25) is 14.4 Å². The molecule has 1 spiro atoms. The van der Waals surface area contributed by atoms with Crippen molar-refractivity contribution in [1.82, 2.24) is 9.80 Å². The van der Waals surface area contributed by atoms with E-state index in [-0.39, 0.29) is 35.7 Å². The molecular weight excluding hydrogens is 634 g/mol. The molecule has 0 radical (unpaired) electrons. The molecule has 2 bridgehead atoms. The number of fused-ring (bicyclic) bond motifs is 2. The predicted molar refractivity (Wildman–Crippen MR) is 178 cm³/mol. The molecule has 234 valence electrons. The zero-order valence-corrected chi connectivity index (χ0v) is 26.9. The van der Waals surface area contributed by atoms with Gasteiger partial charge in [0.15, 0.2) is 0 Å². The third-order valence-electron chi connectivity index (χ3n) is 9.57. The molecule has 45 heavy (non-hydrogen) atoms. The van der Waals surface area contributed by atoms with E-state index in [0.717, 1.165) is 16.3 Å². The topological polar surface area (TPSA) is 90.4 Å². The highest BCUT2D eigenvalue weighted by molar-refractivity contribution is 9.09. The Morgan fingerprint density at radius 1 is 1.04 bits per heavy atom. The number of halogens is 1. The molecule has 3 fully saturated rings. The van der Waals surface area contributed by atoms with Gasteiger partial charge in [0.1, 0.15) is 11.6 Å². The summed E-state index contributed by atoms with van der Waals surface area (Å²) < 4.78 is 6.73. The van der Waals surface area contributed by atoms with Gasteiger partial charge >= 0.3 is 0 Å². The number of ether oxygens (including phenoxy) is 1. The number of likely N-dealkylation sites (N-methyl/N-ethyl adjacent to an activating group) is 1. The first-order valence-corrected chi connectivity index (χ1v) is 16.2. The van der Waals surface area contributed by atoms with Gasteiger partial charge in [-0.2, -0.15) is 0 Å². The van der Waals surface area contributed by atoms with Crippen LogP contribution in [0.4, 0.5) is 5.69 Å². The summed E-state index contributed by atoms with van der Waals surface area (Å²) in [5.74, 6) is -2.56. The van der Waals surface area contributed by atoms with Gasteiger partial charge in [0.05, 0.1) is 30.6 Å². The van der Waals surface area contributed by atoms with Gasteiger partial charge < -0.3 is 24.5 Å². The van der Waals surface area contributed by atoms with Crippen LogP contribution in [0.2, 0.25) is 0 Å². The van der Waals surface area contributed by atoms with Gasteiger partial charge in [0, 0.05) is 30.7 Å². The maximum Gasteiger partial charge on any atom is 0.253 e. The highest BCUT2D eigenvalue weighted by Crippen LogP contribution is 2.61. The first-order valence-electron chi connectivity index (χ1n) is 15.3. The summed E-state index contributed by atoms with van der Waals surface area (Å²) in [6.07, 6.45) is 3.43. The fraction of sp³-hybridized carbons (Fsp3) is 0.361. The lowest BCUT2D eigenvalue weighted by molar-refractivity contribution is -0.146. The van der Waals surface area contributed by atoms with Crippen LogP contribution < -0.4 is 4.90 Å². The number of hydrogen-bond donors (Lipinski definition) is 1. The second-order valence-electron chi connectivity index (χ2n) is 12.2. The summed E-state index contributed by atoms with van der Waals surface area (Å²) in [4.78, 5) is 48.1. The van der Waals surface area contributed by atoms with Crippen molar-refractivity contribution in [2.45, 2.75) is 41.5 Å². The zero-order valence-electron chi connectivity index (χ0n) is 25.3. The Bertz CT molecular complexity index is 1630. The smallest absolute Gasteiger partial charge is 0.253 e. The molecule has 3 heterocycles. The lowest BCUT2D eigenvalue weighted by Gasteiger charge is -2.39. The van der Waals surface area contributed by atoms with Crippen LogP contribution in [-0.2, 0) is 25.5 Å². The van der Waals surface area contributed by atoms with Gasteiger partial charge in [-0.05, 0) is 41.3 Å². The van der Waals surface area contributed by atoms with Crippen LogP contribution in [0.3, 0.4) is 0 Å². The minimum absolute atomic E-state index is 0.199. The lowest BCUT2D eigenvalue weighted by Crippen LogP contribution is -2.59. The predicted octanol–water partition coefficient (Wildman–Crippen LogP) is 4.35. The van der Waals surface area contributed by atoms with Crippen molar-refractivity contribution in [2.24, 2.45) is 11.8 Å². The lowest BCUT2D eigenvalue weighted by atomic mass is 9.70. The number of nitrogens with zero attached hydrogens (tertiary/aromatic N) is 3. The largest absolute Gasteiger partial charge is 0.394 e. The van der Waals surface area contributed by atoms with Crippen LogP contribution in [-0.4, -0.2) is 88.0 Å². The number of carbonyl (C=O) groups is 3. The first-order chi connectivity index (χ1) is 21.7. The molecule has 6 rings (SSSR count). The highest BCUT2D eigenvalue weighted by atomic mass is 79.9. The number of aliphatic hydroxyl groups is 1. The molecule has 0 aliphatic carbocycles. The summed E-state index contributed by atoms with van der Waals surface area (Å²) in [6, 6.07) is 21.5. The van der Waals surface area contributed by atoms with Gasteiger partial charge in [-0.1, -0.05) is 88.7 Å². The van der Waals surface area contributed by atoms with Crippen LogP contribution in [0.1, 0.15) is 12.0 Å². The number of hydrogen-bond acceptors (Lipinski definition) is 5. The number of aliphatic hydroxyl groups excluding tert-OH is 1. The van der Waals surface area contributed by atoms with E-state index in [9.17, 15) is 14.7 Å². The summed E-state index contributed by atoms with van der Waals surface area (Å²) in [6.45, 7) is 7.84. The Kier molecular flexibility index (Phi) is 8.70. The van der Waals surface area contributed by atoms with E-state index < -0.39 is 35.6 Å². The van der Waals surface area contributed by atoms with Crippen molar-refractivity contribution >= 4 is 50.1 Å². The number of anilines is 1. The Morgan fingerprint density at radius 3 is 2.42 bits per heavy atom. The van der Waals surface area contributed by atoms with E-state index in [2.05, 4.69) is 29.1 Å². The fourth-order valence-corrected chi connectivity index (χ4v) is 8.58. The molecule has 8 nitrogen and oxygen atoms in total. The van der Waals surface area contributed by atoms with Crippen molar-refractivity contribution in [3.05, 3.63) is 104 Å². The number of rotatable bonds is 11. The number of alkyl halides is 1. The molecule has 9 heteroatoms. The second kappa shape index (κ2) is 12.5. The number of benzene rings is 3. The van der Waals surface area contributed by atoms with Crippen LogP contribution in [0, 0.1) is 11.8 Å². The zero-order chi connectivity index (χ0) is 31.9. The number of amides is 3. The minimum Gasteiger partial charge on any atom is -0.394 e. The summed E-state index contributed by atoms with van der Waals surface area (Å²) in [7, 11) is 1.68. The van der Waals surface area contributed by atoms with Crippen LogP contribution in [0.15, 0.2) is 98.1 Å². The maximum atomic E-state index is 15.0. The van der Waals surface area contributed by atoms with E-state index in [1.165, 1.54) is 4.90 Å². The second-order valence-corrected chi connectivity index (χ2v) is 13.4. The average molecular weight is 673 g/mol. The molecule has 3 unspecified atom stereocenters. The summed E-state index contributed by atoms with van der Waals surface area (Å²) in [5.41, 5.74) is 0.322. The summed E-state index contributed by atoms with van der Waals surface area (Å²) in [5, 5.41) is 12.8. The fourth-order valence-electron chi connectivity index (χ4n) is 7.64. The van der Waals surface area contributed by atoms with E-state index in [4.69, 9.17) is 4.74 Å². The molecule has 3 amide bonds. The van der Waals surface area contributed by atoms with Gasteiger partial charge in [-0.25, -0.2) is 0 Å². The van der Waals surface area contributed by atoms with Crippen LogP contribution in [0.25, 0.3) is 10.8 Å². The van der Waals surface area contributed by atoms with Gasteiger partial charge in [0.25, 0.3) is 5.91 Å². The SMILES string of the molecule is C=CCN(C)C(=O)[C@H]1[C@@H]2OC3(CC2Br)C(C(=O)N(CC=C)c2ccc4ccccc4c2)N([C@@H](CO)Cc2ccccc2)C(=O)[C@H]13. The molecule has 0 saturated carbocycles. The molecule has 3 aromatic carbocycles. The number of carbonyl (C=O) groups excluding carboxylic acids is 3. The van der Waals surface area contributed by atoms with E-state index in [1.54, 1.807) is 29.0 Å². The molecule has 3 aliphatic heterocycles. The maximum absolute atomic E-state index is 15.0. The standard InChI is InChI=1S/C36H38BrN3O5/c1-4-17-38(3)33(42)29-30-34(43)40(27(22-41)19-23-11-7-6-8-12-23)32(36(30)21-28(37)31(29)45-36)35(44)39(18-5-2)26-16-15-24-13-9-10-14-25(24)20-26/h4-16,20,27-32,41H,1-2,17-19,21-22H2,3H3/t27-,28?,29-,30+,31-,32?,36?/m1/s1. The molecule has 1 N–H and O–H groups in total. The number of likely N-dealkylation sites (tertiary alicyclic amines) is 1. The highest BCUT2D eigenvalue weighted by Gasteiger charge is 2.77. The monoisotopic (exact) mass is 671 g/mol.